The Morgan fingerprint density at radius 2 is 1.43 bits per heavy atom. The Balaban J connectivity index is 0.690. The van der Waals surface area contributed by atoms with E-state index in [0.717, 1.165) is 41.3 Å². The van der Waals surface area contributed by atoms with Crippen LogP contribution >= 0.6 is 25.7 Å². The van der Waals surface area contributed by atoms with Gasteiger partial charge in [-0.1, -0.05) is 59.8 Å². The van der Waals surface area contributed by atoms with Gasteiger partial charge in [-0.05, 0) is 71.0 Å². The van der Waals surface area contributed by atoms with Crippen LogP contribution in [0.5, 0.6) is 11.5 Å². The van der Waals surface area contributed by atoms with Crippen LogP contribution in [0.4, 0.5) is 26.0 Å². The van der Waals surface area contributed by atoms with E-state index in [9.17, 15) is 9.36 Å². The number of esters is 1. The van der Waals surface area contributed by atoms with Crippen LogP contribution in [0, 0.1) is 0 Å². The molecule has 0 radical (unpaired) electrons. The summed E-state index contributed by atoms with van der Waals surface area (Å²) < 4.78 is 116. The van der Waals surface area contributed by atoms with Gasteiger partial charge in [0.15, 0.2) is 41.9 Å². The zero-order valence-electron chi connectivity index (χ0n) is 44.1. The molecule has 4 aliphatic rings. The van der Waals surface area contributed by atoms with Crippen LogP contribution in [0.25, 0.3) is 44.8 Å². The van der Waals surface area contributed by atoms with Gasteiger partial charge in [-0.3, -0.25) is 22.7 Å². The number of hydrogen-bond acceptors (Lipinski definition) is 22. The molecule has 0 unspecified atom stereocenters. The van der Waals surface area contributed by atoms with Gasteiger partial charge in [0.1, 0.15) is 65.6 Å². The van der Waals surface area contributed by atoms with E-state index in [1.165, 1.54) is 40.4 Å². The van der Waals surface area contributed by atoms with Crippen molar-refractivity contribution in [2.75, 3.05) is 43.2 Å². The van der Waals surface area contributed by atoms with Gasteiger partial charge in [0.25, 0.3) is 15.0 Å². The van der Waals surface area contributed by atoms with Crippen LogP contribution in [0.1, 0.15) is 33.9 Å². The number of para-hydroxylation sites is 1. The number of imidazole rings is 2. The first-order valence-electron chi connectivity index (χ1n) is 26.1. The quantitative estimate of drug-likeness (QED) is 0.0543. The van der Waals surface area contributed by atoms with Gasteiger partial charge in [-0.25, -0.2) is 47.7 Å². The number of aromatic nitrogens is 10. The van der Waals surface area contributed by atoms with Gasteiger partial charge in [0.2, 0.25) is 0 Å². The first-order valence-corrected chi connectivity index (χ1v) is 31.2. The normalized spacial score (nSPS) is 26.1. The highest BCUT2D eigenvalue weighted by atomic mass is 32.7. The Kier molecular flexibility index (Phi) is 14.6. The zero-order chi connectivity index (χ0) is 57.1. The second kappa shape index (κ2) is 22.2. The maximum atomic E-state index is 17.1. The Bertz CT molecular complexity index is 4020. The number of alkyl halides is 2. The molecule has 9 heterocycles. The number of pyridine rings is 1. The highest BCUT2D eigenvalue weighted by Crippen LogP contribution is 2.65. The standard InChI is InChI=1S/C53H50BF2N13O11P2S/c1-66-22-31-6-2-3-7-34(31)45-42(35-8-4-5-9-37(35)66)64-65-69(45)20-21-73-32-16-12-30(13-17-32)53(70)76-33-14-10-29(11-15-33)25-83-82(72)75-24-39-46(40(55)51(78-39)68-28-63-44-48(58)60-26-61-50(44)68)79-81(54,71)74-23-38-47(80-82)41(56)52(77-38)67-27-62-43-36(57)18-19-59-49(43)67/h2-19,26-28,38-41,46-47,51-52H,20-25,54H2,1H3,(H2,57,59)(H2,58,60,61)/t38-,39-,40-,41-,46-,47-,51-,52-,81+,82-/m1/s1. The fourth-order valence-electron chi connectivity index (χ4n) is 10.5. The molecule has 3 saturated heterocycles. The fourth-order valence-corrected chi connectivity index (χ4v) is 15.0. The number of ether oxygens (including phenoxy) is 4. The summed E-state index contributed by atoms with van der Waals surface area (Å²) in [5.74, 6) is 0.0953. The molecule has 83 heavy (non-hydrogen) atoms. The maximum Gasteiger partial charge on any atom is 0.389 e. The maximum absolute atomic E-state index is 17.1. The number of fused-ring (bicyclic) bond motifs is 9. The Labute approximate surface area is 475 Å². The van der Waals surface area contributed by atoms with Crippen LogP contribution in [0.2, 0.25) is 0 Å². The first-order chi connectivity index (χ1) is 40.2. The van der Waals surface area contributed by atoms with Gasteiger partial charge in [0.05, 0.1) is 49.4 Å². The number of nitrogens with zero attached hydrogens (tertiary/aromatic N) is 11. The fraction of sp³-hybridized carbons (Fsp3) is 0.283. The molecule has 0 aliphatic carbocycles. The lowest BCUT2D eigenvalue weighted by atomic mass is 9.96. The van der Waals surface area contributed by atoms with Crippen molar-refractivity contribution in [1.29, 1.82) is 0 Å². The molecule has 4 N–H and O–H groups in total. The first kappa shape index (κ1) is 54.6. The number of carbonyl (C=O) groups is 1. The van der Waals surface area contributed by atoms with Crippen LogP contribution in [0.3, 0.4) is 0 Å². The average Bonchev–Trinajstić information content (AvgIpc) is 2.84. The third-order valence-corrected chi connectivity index (χ3v) is 19.5. The number of anilines is 3. The third kappa shape index (κ3) is 10.6. The molecular weight excluding hydrogens is 1140 g/mol. The van der Waals surface area contributed by atoms with E-state index < -0.39 is 82.7 Å². The number of halogens is 2. The zero-order valence-corrected chi connectivity index (χ0v) is 46.7. The third-order valence-electron chi connectivity index (χ3n) is 14.6. The van der Waals surface area contributed by atoms with Crippen molar-refractivity contribution in [3.05, 3.63) is 145 Å². The van der Waals surface area contributed by atoms with Gasteiger partial charge in [0, 0.05) is 42.4 Å². The number of hydrogen-bond donors (Lipinski definition) is 2. The molecular formula is C53H50BF2N13O11P2S. The molecule has 426 valence electrons. The van der Waals surface area contributed by atoms with Crippen molar-refractivity contribution in [1.82, 2.24) is 49.0 Å². The summed E-state index contributed by atoms with van der Waals surface area (Å²) in [6.45, 7) is -4.47. The highest BCUT2D eigenvalue weighted by Gasteiger charge is 2.55. The van der Waals surface area contributed by atoms with Crippen LogP contribution < -0.4 is 25.8 Å². The largest absolute Gasteiger partial charge is 0.492 e. The van der Waals surface area contributed by atoms with E-state index in [4.69, 9.17) is 48.5 Å². The van der Waals surface area contributed by atoms with Crippen molar-refractivity contribution in [2.24, 2.45) is 0 Å². The lowest BCUT2D eigenvalue weighted by Gasteiger charge is -2.30. The molecule has 0 spiro atoms. The van der Waals surface area contributed by atoms with Crippen molar-refractivity contribution in [2.45, 2.75) is 68.1 Å². The predicted molar refractivity (Wildman–Crippen MR) is 302 cm³/mol. The molecule has 5 aromatic heterocycles. The molecule has 13 rings (SSSR count). The number of rotatable bonds is 11. The molecule has 30 heteroatoms. The van der Waals surface area contributed by atoms with E-state index >= 15 is 13.3 Å². The van der Waals surface area contributed by atoms with E-state index in [1.54, 1.807) is 48.5 Å². The van der Waals surface area contributed by atoms with Crippen LogP contribution in [0.15, 0.2) is 128 Å². The monoisotopic (exact) mass is 1190 g/mol. The smallest absolute Gasteiger partial charge is 0.389 e. The minimum atomic E-state index is -4.56. The lowest BCUT2D eigenvalue weighted by molar-refractivity contribution is -0.0546. The van der Waals surface area contributed by atoms with E-state index in [0.29, 0.717) is 35.8 Å². The minimum Gasteiger partial charge on any atom is -0.492 e. The second-order valence-electron chi connectivity index (χ2n) is 20.0. The molecule has 4 aromatic carbocycles. The molecule has 0 amide bonds. The molecule has 9 aromatic rings. The molecule has 3 fully saturated rings. The van der Waals surface area contributed by atoms with Crippen molar-refractivity contribution in [3.63, 3.8) is 0 Å². The highest BCUT2D eigenvalue weighted by molar-refractivity contribution is 8.54. The van der Waals surface area contributed by atoms with Crippen molar-refractivity contribution >= 4 is 78.7 Å². The lowest BCUT2D eigenvalue weighted by Crippen LogP contribution is -2.37. The number of nitrogen functional groups attached to an aromatic ring is 2. The Morgan fingerprint density at radius 1 is 0.771 bits per heavy atom. The SMILES string of the molecule is B[P@]1(=O)OC[C@H]2O[C@@H](n3cnc4c(N)ccnc43)[C@H](F)[C@@H]2O[P@](=O)(SCc2ccc(OC(=O)c3ccc(OCCn4nnc5c4-c4ccccc4CN(C)c4ccccc4-5)cc3)cc2)OC[C@H]2O[C@@H](n3cnc4c(N)ncnc43)[C@H](F)[C@@H]2O1. The summed E-state index contributed by atoms with van der Waals surface area (Å²) in [4.78, 5) is 36.6. The predicted octanol–water partition coefficient (Wildman–Crippen LogP) is 7.68. The summed E-state index contributed by atoms with van der Waals surface area (Å²) in [6, 6.07) is 30.9. The molecule has 0 saturated carbocycles. The van der Waals surface area contributed by atoms with Gasteiger partial charge in [-0.15, -0.1) is 5.10 Å². The van der Waals surface area contributed by atoms with Crippen LogP contribution in [-0.2, 0) is 55.5 Å². The Morgan fingerprint density at radius 3 is 2.19 bits per heavy atom. The number of nitrogens with two attached hydrogens (primary N) is 2. The molecule has 10 atom stereocenters. The summed E-state index contributed by atoms with van der Waals surface area (Å²) in [5.41, 5.74) is 20.0. The van der Waals surface area contributed by atoms with Crippen LogP contribution in [-0.4, -0.2) is 126 Å². The topological polar surface area (TPSA) is 285 Å². The molecule has 4 aliphatic heterocycles. The summed E-state index contributed by atoms with van der Waals surface area (Å²) in [7, 11) is -1.03. The minimum absolute atomic E-state index is 0.0371. The molecule has 0 bridgehead atoms. The van der Waals surface area contributed by atoms with Gasteiger partial charge >= 0.3 is 12.8 Å². The summed E-state index contributed by atoms with van der Waals surface area (Å²) >= 11 is 0.700. The van der Waals surface area contributed by atoms with Crippen molar-refractivity contribution in [3.8, 4) is 34.0 Å². The number of carbonyl (C=O) groups excluding carboxylic acids is 1. The summed E-state index contributed by atoms with van der Waals surface area (Å²) in [5, 5.41) is 9.19. The summed E-state index contributed by atoms with van der Waals surface area (Å²) in [6.07, 6.45) is -8.05. The van der Waals surface area contributed by atoms with Gasteiger partial charge in [-0.2, -0.15) is 0 Å². The molecule has 24 nitrogen and oxygen atoms in total. The Hall–Kier alpha value is -7.65. The second-order valence-corrected chi connectivity index (χ2v) is 26.0. The number of benzene rings is 4. The van der Waals surface area contributed by atoms with E-state index in [2.05, 4.69) is 71.4 Å². The van der Waals surface area contributed by atoms with E-state index in [1.807, 2.05) is 28.9 Å². The van der Waals surface area contributed by atoms with Gasteiger partial charge < -0.3 is 44.4 Å². The average molecular weight is 1190 g/mol. The van der Waals surface area contributed by atoms with Crippen molar-refractivity contribution < 1.29 is 59.7 Å². The van der Waals surface area contributed by atoms with E-state index in [-0.39, 0.29) is 57.5 Å².